The lowest BCUT2D eigenvalue weighted by Gasteiger charge is -2.31. The van der Waals surface area contributed by atoms with Crippen LogP contribution in [0.25, 0.3) is 5.00 Å². The number of fused-ring (bicyclic) bond motifs is 5. The Hall–Kier alpha value is -3.02. The van der Waals surface area contributed by atoms with Gasteiger partial charge in [-0.15, -0.1) is 11.3 Å². The molecule has 1 aliphatic heterocycles. The first-order valence-electron chi connectivity index (χ1n) is 11.8. The maximum atomic E-state index is 13.9. The molecule has 6 heteroatoms. The molecular weight excluding hydrogens is 462 g/mol. The lowest BCUT2D eigenvalue weighted by molar-refractivity contribution is 0.194. The number of carbonyl (C=O) groups is 1. The molecule has 0 saturated heterocycles. The highest BCUT2D eigenvalue weighted by atomic mass is 35.5. The van der Waals surface area contributed by atoms with Crippen molar-refractivity contribution in [1.29, 1.82) is 0 Å². The van der Waals surface area contributed by atoms with Gasteiger partial charge in [0.15, 0.2) is 0 Å². The summed E-state index contributed by atoms with van der Waals surface area (Å²) in [7, 11) is 0. The van der Waals surface area contributed by atoms with Gasteiger partial charge in [0.25, 0.3) is 0 Å². The number of rotatable bonds is 2. The summed E-state index contributed by atoms with van der Waals surface area (Å²) in [6, 6.07) is 19.9. The normalized spacial score (nSPS) is 16.9. The molecule has 0 bridgehead atoms. The molecule has 4 aromatic rings. The Labute approximate surface area is 208 Å². The van der Waals surface area contributed by atoms with Gasteiger partial charge >= 0.3 is 6.03 Å². The van der Waals surface area contributed by atoms with Gasteiger partial charge in [-0.1, -0.05) is 48.0 Å². The Balaban J connectivity index is 1.49. The SMILES string of the molecule is Cc1ccc(NC(=O)N2Cc3c(sc4c3CCCC4)-n3cccc3C2c2ccccc2)c(Cl)c1. The molecule has 4 nitrogen and oxygen atoms in total. The molecule has 2 aliphatic rings. The van der Waals surface area contributed by atoms with Crippen LogP contribution in [0.3, 0.4) is 0 Å². The van der Waals surface area contributed by atoms with E-state index in [1.54, 1.807) is 0 Å². The van der Waals surface area contributed by atoms with Crippen LogP contribution in [-0.4, -0.2) is 15.5 Å². The summed E-state index contributed by atoms with van der Waals surface area (Å²) in [6.07, 6.45) is 6.82. The number of amides is 2. The Morgan fingerprint density at radius 1 is 1.03 bits per heavy atom. The molecule has 2 aromatic heterocycles. The number of halogens is 1. The van der Waals surface area contributed by atoms with Crippen LogP contribution in [0.2, 0.25) is 5.02 Å². The molecule has 1 N–H and O–H groups in total. The second-order valence-corrected chi connectivity index (χ2v) is 10.6. The highest BCUT2D eigenvalue weighted by Gasteiger charge is 2.36. The number of nitrogens with zero attached hydrogens (tertiary/aromatic N) is 2. The van der Waals surface area contributed by atoms with Gasteiger partial charge in [-0.05, 0) is 73.6 Å². The van der Waals surface area contributed by atoms with Gasteiger partial charge in [0.1, 0.15) is 5.00 Å². The number of thiophene rings is 1. The van der Waals surface area contributed by atoms with E-state index in [2.05, 4.69) is 40.3 Å². The molecule has 1 unspecified atom stereocenters. The molecule has 0 saturated carbocycles. The molecule has 6 rings (SSSR count). The zero-order valence-electron chi connectivity index (χ0n) is 19.1. The van der Waals surface area contributed by atoms with Gasteiger partial charge in [0.05, 0.1) is 29.0 Å². The minimum absolute atomic E-state index is 0.143. The number of hydrogen-bond acceptors (Lipinski definition) is 2. The van der Waals surface area contributed by atoms with Crippen LogP contribution >= 0.6 is 22.9 Å². The van der Waals surface area contributed by atoms with Crippen molar-refractivity contribution < 1.29 is 4.79 Å². The van der Waals surface area contributed by atoms with E-state index in [0.717, 1.165) is 29.7 Å². The van der Waals surface area contributed by atoms with E-state index in [-0.39, 0.29) is 12.1 Å². The molecule has 0 radical (unpaired) electrons. The Bertz CT molecular complexity index is 1370. The van der Waals surface area contributed by atoms with Crippen molar-refractivity contribution in [2.75, 3.05) is 5.32 Å². The van der Waals surface area contributed by atoms with Crippen LogP contribution in [0.4, 0.5) is 10.5 Å². The van der Waals surface area contributed by atoms with Gasteiger partial charge in [-0.25, -0.2) is 4.79 Å². The molecular formula is C28H26ClN3OS. The van der Waals surface area contributed by atoms with Crippen molar-refractivity contribution >= 4 is 34.7 Å². The van der Waals surface area contributed by atoms with Gasteiger partial charge in [0.2, 0.25) is 0 Å². The van der Waals surface area contributed by atoms with Crippen molar-refractivity contribution in [2.45, 2.75) is 45.2 Å². The van der Waals surface area contributed by atoms with E-state index < -0.39 is 0 Å². The standard InChI is InChI=1S/C28H26ClN3OS/c1-18-13-14-23(22(29)16-18)30-28(33)32-17-21-20-10-5-6-12-25(20)34-27(21)31-15-7-11-24(31)26(32)19-8-3-2-4-9-19/h2-4,7-9,11,13-16,26H,5-6,10,12,17H2,1H3,(H,30,33). The van der Waals surface area contributed by atoms with Gasteiger partial charge in [-0.3, -0.25) is 0 Å². The number of urea groups is 1. The fourth-order valence-corrected chi connectivity index (χ4v) is 6.97. The molecule has 0 spiro atoms. The van der Waals surface area contributed by atoms with Gasteiger partial charge < -0.3 is 14.8 Å². The minimum atomic E-state index is -0.209. The number of nitrogens with one attached hydrogen (secondary N) is 1. The monoisotopic (exact) mass is 487 g/mol. The number of hydrogen-bond donors (Lipinski definition) is 1. The van der Waals surface area contributed by atoms with Crippen LogP contribution in [0.1, 0.15) is 51.7 Å². The molecule has 1 aliphatic carbocycles. The highest BCUT2D eigenvalue weighted by molar-refractivity contribution is 7.15. The number of aromatic nitrogens is 1. The third kappa shape index (κ3) is 3.64. The molecule has 2 amide bonds. The maximum Gasteiger partial charge on any atom is 0.323 e. The molecule has 1 atom stereocenters. The fraction of sp³-hybridized carbons (Fsp3) is 0.250. The zero-order valence-corrected chi connectivity index (χ0v) is 20.6. The van der Waals surface area contributed by atoms with E-state index in [0.29, 0.717) is 17.3 Å². The van der Waals surface area contributed by atoms with E-state index in [9.17, 15) is 4.79 Å². The average Bonchev–Trinajstić information content (AvgIpc) is 3.43. The van der Waals surface area contributed by atoms with E-state index >= 15 is 0 Å². The first-order chi connectivity index (χ1) is 16.6. The molecule has 3 heterocycles. The van der Waals surface area contributed by atoms with Crippen molar-refractivity contribution in [1.82, 2.24) is 9.47 Å². The molecule has 34 heavy (non-hydrogen) atoms. The fourth-order valence-electron chi connectivity index (χ4n) is 5.28. The number of benzene rings is 2. The largest absolute Gasteiger partial charge is 0.323 e. The molecule has 172 valence electrons. The Morgan fingerprint density at radius 3 is 2.68 bits per heavy atom. The molecule has 0 fully saturated rings. The molecule has 2 aromatic carbocycles. The third-order valence-corrected chi connectivity index (χ3v) is 8.57. The number of aryl methyl sites for hydroxylation is 2. The zero-order chi connectivity index (χ0) is 23.2. The van der Waals surface area contributed by atoms with Crippen LogP contribution in [0.5, 0.6) is 0 Å². The predicted molar refractivity (Wildman–Crippen MR) is 139 cm³/mol. The average molecular weight is 488 g/mol. The summed E-state index contributed by atoms with van der Waals surface area (Å²) in [5, 5.41) is 4.92. The Morgan fingerprint density at radius 2 is 1.85 bits per heavy atom. The second kappa shape index (κ2) is 8.64. The van der Waals surface area contributed by atoms with Gasteiger partial charge in [-0.2, -0.15) is 0 Å². The van der Waals surface area contributed by atoms with Crippen LogP contribution in [-0.2, 0) is 19.4 Å². The smallest absolute Gasteiger partial charge is 0.310 e. The lowest BCUT2D eigenvalue weighted by Crippen LogP contribution is -2.38. The van der Waals surface area contributed by atoms with Crippen LogP contribution < -0.4 is 5.32 Å². The van der Waals surface area contributed by atoms with Gasteiger partial charge in [0, 0.05) is 16.6 Å². The second-order valence-electron chi connectivity index (χ2n) is 9.15. The van der Waals surface area contributed by atoms with Crippen molar-refractivity contribution in [3.63, 3.8) is 0 Å². The highest BCUT2D eigenvalue weighted by Crippen LogP contribution is 2.44. The summed E-state index contributed by atoms with van der Waals surface area (Å²) < 4.78 is 2.31. The van der Waals surface area contributed by atoms with E-state index in [1.165, 1.54) is 33.8 Å². The first-order valence-corrected chi connectivity index (χ1v) is 13.0. The van der Waals surface area contributed by atoms with E-state index in [4.69, 9.17) is 11.6 Å². The van der Waals surface area contributed by atoms with Crippen LogP contribution in [0, 0.1) is 6.92 Å². The third-order valence-electron chi connectivity index (χ3n) is 6.92. The van der Waals surface area contributed by atoms with Crippen LogP contribution in [0.15, 0.2) is 66.9 Å². The maximum absolute atomic E-state index is 13.9. The number of anilines is 1. The summed E-state index contributed by atoms with van der Waals surface area (Å²) >= 11 is 8.39. The quantitative estimate of drug-likeness (QED) is 0.312. The lowest BCUT2D eigenvalue weighted by atomic mass is 9.95. The van der Waals surface area contributed by atoms with Crippen molar-refractivity contribution in [2.24, 2.45) is 0 Å². The predicted octanol–water partition coefficient (Wildman–Crippen LogP) is 7.52. The van der Waals surface area contributed by atoms with Crippen molar-refractivity contribution in [3.8, 4) is 5.00 Å². The van der Waals surface area contributed by atoms with Crippen molar-refractivity contribution in [3.05, 3.63) is 105 Å². The topological polar surface area (TPSA) is 37.3 Å². The summed E-state index contributed by atoms with van der Waals surface area (Å²) in [6.45, 7) is 2.56. The number of carbonyl (C=O) groups excluding carboxylic acids is 1. The van der Waals surface area contributed by atoms with E-state index in [1.807, 2.05) is 59.6 Å². The minimum Gasteiger partial charge on any atom is -0.310 e. The summed E-state index contributed by atoms with van der Waals surface area (Å²) in [4.78, 5) is 17.4. The first kappa shape index (κ1) is 21.5. The Kier molecular flexibility index (Phi) is 5.47. The summed E-state index contributed by atoms with van der Waals surface area (Å²) in [5.74, 6) is 0. The summed E-state index contributed by atoms with van der Waals surface area (Å²) in [5.41, 5.74) is 6.64.